The number of carbonyl (C=O) groups is 1. The zero-order valence-electron chi connectivity index (χ0n) is 14.0. The summed E-state index contributed by atoms with van der Waals surface area (Å²) < 4.78 is 0. The quantitative estimate of drug-likeness (QED) is 0.850. The third kappa shape index (κ3) is 3.33. The average molecular weight is 328 g/mol. The molecule has 0 N–H and O–H groups in total. The van der Waals surface area contributed by atoms with Crippen LogP contribution in [0.1, 0.15) is 41.9 Å². The van der Waals surface area contributed by atoms with Gasteiger partial charge in [0.25, 0.3) is 0 Å². The summed E-state index contributed by atoms with van der Waals surface area (Å²) >= 11 is 1.84. The van der Waals surface area contributed by atoms with E-state index in [1.807, 2.05) is 41.5 Å². The van der Waals surface area contributed by atoms with Gasteiger partial charge in [0, 0.05) is 24.5 Å². The first kappa shape index (κ1) is 16.2. The first-order valence-electron chi connectivity index (χ1n) is 8.19. The van der Waals surface area contributed by atoms with Crippen molar-refractivity contribution in [1.82, 2.24) is 9.80 Å². The van der Waals surface area contributed by atoms with E-state index in [2.05, 4.69) is 42.3 Å². The Hall–Kier alpha value is -1.65. The van der Waals surface area contributed by atoms with E-state index in [0.29, 0.717) is 12.6 Å². The van der Waals surface area contributed by atoms with E-state index in [1.54, 1.807) is 0 Å². The Kier molecular flexibility index (Phi) is 4.83. The van der Waals surface area contributed by atoms with E-state index >= 15 is 0 Å². The van der Waals surface area contributed by atoms with Crippen molar-refractivity contribution in [2.45, 2.75) is 32.4 Å². The maximum absolute atomic E-state index is 12.7. The highest BCUT2D eigenvalue weighted by atomic mass is 32.1. The SMILES string of the molecule is C[C@@H]1c2ccsc2CCN1CC(=O)N(C)[C@H](C)c1ccccc1. The van der Waals surface area contributed by atoms with Crippen molar-refractivity contribution < 1.29 is 4.79 Å². The number of rotatable bonds is 4. The largest absolute Gasteiger partial charge is 0.338 e. The van der Waals surface area contributed by atoms with Crippen LogP contribution in [0, 0.1) is 0 Å². The lowest BCUT2D eigenvalue weighted by Gasteiger charge is -2.35. The minimum Gasteiger partial charge on any atom is -0.338 e. The lowest BCUT2D eigenvalue weighted by atomic mass is 10.0. The molecule has 1 aromatic heterocycles. The fourth-order valence-corrected chi connectivity index (χ4v) is 4.20. The molecule has 1 aliphatic rings. The second kappa shape index (κ2) is 6.85. The van der Waals surface area contributed by atoms with Crippen LogP contribution in [0.5, 0.6) is 0 Å². The van der Waals surface area contributed by atoms with Crippen LogP contribution in [0.3, 0.4) is 0 Å². The molecule has 4 heteroatoms. The van der Waals surface area contributed by atoms with Crippen LogP contribution in [-0.4, -0.2) is 35.8 Å². The van der Waals surface area contributed by atoms with E-state index in [-0.39, 0.29) is 11.9 Å². The van der Waals surface area contributed by atoms with E-state index in [9.17, 15) is 4.79 Å². The zero-order chi connectivity index (χ0) is 16.4. The molecule has 2 heterocycles. The van der Waals surface area contributed by atoms with Gasteiger partial charge in [0.15, 0.2) is 0 Å². The Balaban J connectivity index is 1.65. The molecule has 2 atom stereocenters. The van der Waals surface area contributed by atoms with Crippen molar-refractivity contribution in [3.8, 4) is 0 Å². The summed E-state index contributed by atoms with van der Waals surface area (Å²) in [5, 5.41) is 2.16. The summed E-state index contributed by atoms with van der Waals surface area (Å²) in [5.41, 5.74) is 2.57. The van der Waals surface area contributed by atoms with Gasteiger partial charge < -0.3 is 4.90 Å². The number of likely N-dealkylation sites (N-methyl/N-ethyl adjacent to an activating group) is 1. The van der Waals surface area contributed by atoms with Crippen molar-refractivity contribution in [2.24, 2.45) is 0 Å². The second-order valence-corrected chi connectivity index (χ2v) is 7.29. The van der Waals surface area contributed by atoms with Crippen LogP contribution < -0.4 is 0 Å². The number of thiophene rings is 1. The van der Waals surface area contributed by atoms with Gasteiger partial charge >= 0.3 is 0 Å². The topological polar surface area (TPSA) is 23.6 Å². The lowest BCUT2D eigenvalue weighted by Crippen LogP contribution is -2.42. The Morgan fingerprint density at radius 3 is 2.83 bits per heavy atom. The highest BCUT2D eigenvalue weighted by Crippen LogP contribution is 2.32. The van der Waals surface area contributed by atoms with E-state index < -0.39 is 0 Å². The number of nitrogens with zero attached hydrogens (tertiary/aromatic N) is 2. The lowest BCUT2D eigenvalue weighted by molar-refractivity contribution is -0.133. The van der Waals surface area contributed by atoms with Gasteiger partial charge in [0.1, 0.15) is 0 Å². The minimum atomic E-state index is 0.0977. The van der Waals surface area contributed by atoms with Crippen LogP contribution >= 0.6 is 11.3 Å². The molecular weight excluding hydrogens is 304 g/mol. The van der Waals surface area contributed by atoms with Gasteiger partial charge in [-0.05, 0) is 42.8 Å². The molecule has 1 aliphatic heterocycles. The number of amides is 1. The summed E-state index contributed by atoms with van der Waals surface area (Å²) in [4.78, 5) is 18.4. The molecule has 0 saturated heterocycles. The third-order valence-corrected chi connectivity index (χ3v) is 5.99. The van der Waals surface area contributed by atoms with Crippen molar-refractivity contribution in [3.63, 3.8) is 0 Å². The molecule has 0 unspecified atom stereocenters. The Morgan fingerprint density at radius 1 is 1.35 bits per heavy atom. The monoisotopic (exact) mass is 328 g/mol. The summed E-state index contributed by atoms with van der Waals surface area (Å²) in [6.07, 6.45) is 1.06. The maximum atomic E-state index is 12.7. The van der Waals surface area contributed by atoms with Gasteiger partial charge in [-0.25, -0.2) is 0 Å². The van der Waals surface area contributed by atoms with Crippen LogP contribution in [0.2, 0.25) is 0 Å². The number of hydrogen-bond acceptors (Lipinski definition) is 3. The molecule has 0 aliphatic carbocycles. The number of hydrogen-bond donors (Lipinski definition) is 0. The molecule has 0 saturated carbocycles. The third-order valence-electron chi connectivity index (χ3n) is 5.00. The molecule has 1 amide bonds. The van der Waals surface area contributed by atoms with Crippen LogP contribution in [0.4, 0.5) is 0 Å². The zero-order valence-corrected chi connectivity index (χ0v) is 14.8. The van der Waals surface area contributed by atoms with Crippen molar-refractivity contribution in [1.29, 1.82) is 0 Å². The number of carbonyl (C=O) groups excluding carboxylic acids is 1. The van der Waals surface area contributed by atoms with Gasteiger partial charge in [-0.1, -0.05) is 30.3 Å². The predicted octanol–water partition coefficient (Wildman–Crippen LogP) is 3.89. The van der Waals surface area contributed by atoms with E-state index in [1.165, 1.54) is 16.0 Å². The summed E-state index contributed by atoms with van der Waals surface area (Å²) in [6.45, 7) is 5.75. The first-order chi connectivity index (χ1) is 11.1. The second-order valence-electron chi connectivity index (χ2n) is 6.29. The fraction of sp³-hybridized carbons (Fsp3) is 0.421. The molecule has 122 valence electrons. The predicted molar refractivity (Wildman–Crippen MR) is 95.6 cm³/mol. The Bertz CT molecular complexity index is 667. The van der Waals surface area contributed by atoms with Crippen LogP contribution in [-0.2, 0) is 11.2 Å². The summed E-state index contributed by atoms with van der Waals surface area (Å²) in [7, 11) is 1.91. The Labute approximate surface area is 142 Å². The van der Waals surface area contributed by atoms with Gasteiger partial charge in [0.05, 0.1) is 12.6 Å². The van der Waals surface area contributed by atoms with Crippen LogP contribution in [0.15, 0.2) is 41.8 Å². The fourth-order valence-electron chi connectivity index (χ4n) is 3.23. The molecule has 2 aromatic rings. The molecular formula is C19H24N2OS. The van der Waals surface area contributed by atoms with Gasteiger partial charge in [-0.2, -0.15) is 0 Å². The molecule has 3 nitrogen and oxygen atoms in total. The van der Waals surface area contributed by atoms with Crippen molar-refractivity contribution in [2.75, 3.05) is 20.1 Å². The van der Waals surface area contributed by atoms with E-state index in [0.717, 1.165) is 13.0 Å². The smallest absolute Gasteiger partial charge is 0.237 e. The van der Waals surface area contributed by atoms with Gasteiger partial charge in [0.2, 0.25) is 5.91 Å². The molecule has 0 fully saturated rings. The molecule has 1 aromatic carbocycles. The van der Waals surface area contributed by atoms with Gasteiger partial charge in [-0.3, -0.25) is 9.69 Å². The number of fused-ring (bicyclic) bond motifs is 1. The minimum absolute atomic E-state index is 0.0977. The molecule has 0 radical (unpaired) electrons. The maximum Gasteiger partial charge on any atom is 0.237 e. The summed E-state index contributed by atoms with van der Waals surface area (Å²) in [5.74, 6) is 0.187. The standard InChI is InChI=1S/C19H24N2OS/c1-14(16-7-5-4-6-8-16)20(3)19(22)13-21-11-9-18-17(15(21)2)10-12-23-18/h4-8,10,12,14-15H,9,11,13H2,1-3H3/t14-,15-/m1/s1. The molecule has 23 heavy (non-hydrogen) atoms. The van der Waals surface area contributed by atoms with Crippen molar-refractivity contribution in [3.05, 3.63) is 57.8 Å². The number of benzene rings is 1. The molecule has 3 rings (SSSR count). The van der Waals surface area contributed by atoms with Crippen LogP contribution in [0.25, 0.3) is 0 Å². The first-order valence-corrected chi connectivity index (χ1v) is 9.07. The summed E-state index contributed by atoms with van der Waals surface area (Å²) in [6, 6.07) is 12.8. The highest BCUT2D eigenvalue weighted by Gasteiger charge is 2.28. The molecule has 0 spiro atoms. The van der Waals surface area contributed by atoms with Crippen molar-refractivity contribution >= 4 is 17.2 Å². The highest BCUT2D eigenvalue weighted by molar-refractivity contribution is 7.10. The average Bonchev–Trinajstić information content (AvgIpc) is 3.06. The molecule has 0 bridgehead atoms. The normalized spacial score (nSPS) is 19.2. The Morgan fingerprint density at radius 2 is 2.09 bits per heavy atom. The van der Waals surface area contributed by atoms with E-state index in [4.69, 9.17) is 0 Å². The van der Waals surface area contributed by atoms with Gasteiger partial charge in [-0.15, -0.1) is 11.3 Å².